The van der Waals surface area contributed by atoms with Crippen molar-refractivity contribution in [2.75, 3.05) is 6.61 Å². The lowest BCUT2D eigenvalue weighted by Gasteiger charge is -2.26. The topological polar surface area (TPSA) is 41.8 Å². The zero-order valence-electron chi connectivity index (χ0n) is 17.3. The van der Waals surface area contributed by atoms with Crippen LogP contribution in [0.15, 0.2) is 54.0 Å². The minimum atomic E-state index is -0.155. The van der Waals surface area contributed by atoms with E-state index in [1.165, 1.54) is 5.56 Å². The number of phenols is 1. The Morgan fingerprint density at radius 1 is 1.00 bits per heavy atom. The Morgan fingerprint density at radius 3 is 2.15 bits per heavy atom. The van der Waals surface area contributed by atoms with E-state index in [2.05, 4.69) is 59.2 Å². The average Bonchev–Trinajstić information content (AvgIpc) is 2.58. The third-order valence-corrected chi connectivity index (χ3v) is 4.37. The van der Waals surface area contributed by atoms with Crippen LogP contribution in [0.4, 0.5) is 5.69 Å². The van der Waals surface area contributed by atoms with Gasteiger partial charge in [-0.1, -0.05) is 60.3 Å². The van der Waals surface area contributed by atoms with Crippen molar-refractivity contribution in [1.82, 2.24) is 0 Å². The SMILES string of the molecule is C=CCOc1ccc(N=Cc2cc(C(C)(C)C)cc(C(C)(C)C)c2O)cc1. The van der Waals surface area contributed by atoms with Gasteiger partial charge in [0.1, 0.15) is 18.1 Å². The number of aromatic hydroxyl groups is 1. The molecule has 2 aromatic carbocycles. The van der Waals surface area contributed by atoms with E-state index in [0.717, 1.165) is 22.6 Å². The van der Waals surface area contributed by atoms with Crippen LogP contribution < -0.4 is 4.74 Å². The van der Waals surface area contributed by atoms with Crippen molar-refractivity contribution < 1.29 is 9.84 Å². The van der Waals surface area contributed by atoms with Crippen molar-refractivity contribution in [3.8, 4) is 11.5 Å². The normalized spacial score (nSPS) is 12.4. The van der Waals surface area contributed by atoms with Crippen LogP contribution in [0.2, 0.25) is 0 Å². The Bertz CT molecular complexity index is 819. The molecule has 0 saturated carbocycles. The first-order valence-electron chi connectivity index (χ1n) is 9.28. The zero-order valence-corrected chi connectivity index (χ0v) is 17.3. The van der Waals surface area contributed by atoms with Crippen molar-refractivity contribution in [3.05, 3.63) is 65.7 Å². The fourth-order valence-electron chi connectivity index (χ4n) is 2.69. The first-order valence-corrected chi connectivity index (χ1v) is 9.28. The molecule has 1 N–H and O–H groups in total. The number of rotatable bonds is 5. The molecule has 0 heterocycles. The first kappa shape index (κ1) is 20.8. The van der Waals surface area contributed by atoms with Gasteiger partial charge in [-0.3, -0.25) is 4.99 Å². The Balaban J connectivity index is 2.39. The lowest BCUT2D eigenvalue weighted by atomic mass is 9.79. The largest absolute Gasteiger partial charge is 0.507 e. The maximum Gasteiger partial charge on any atom is 0.128 e. The zero-order chi connectivity index (χ0) is 20.2. The summed E-state index contributed by atoms with van der Waals surface area (Å²) in [5, 5.41) is 10.8. The van der Waals surface area contributed by atoms with Crippen molar-refractivity contribution in [3.63, 3.8) is 0 Å². The molecule has 0 saturated heterocycles. The molecule has 0 aromatic heterocycles. The van der Waals surface area contributed by atoms with Gasteiger partial charge in [0, 0.05) is 17.3 Å². The van der Waals surface area contributed by atoms with Gasteiger partial charge in [-0.15, -0.1) is 0 Å². The Morgan fingerprint density at radius 2 is 1.63 bits per heavy atom. The lowest BCUT2D eigenvalue weighted by molar-refractivity contribution is 0.363. The molecule has 0 spiro atoms. The minimum absolute atomic E-state index is 0.0135. The van der Waals surface area contributed by atoms with Crippen LogP contribution in [0.5, 0.6) is 11.5 Å². The molecular formula is C24H31NO2. The highest BCUT2D eigenvalue weighted by Gasteiger charge is 2.24. The van der Waals surface area contributed by atoms with E-state index < -0.39 is 0 Å². The highest BCUT2D eigenvalue weighted by atomic mass is 16.5. The monoisotopic (exact) mass is 365 g/mol. The van der Waals surface area contributed by atoms with E-state index in [1.807, 2.05) is 30.3 Å². The van der Waals surface area contributed by atoms with E-state index in [4.69, 9.17) is 4.74 Å². The lowest BCUT2D eigenvalue weighted by Crippen LogP contribution is -2.17. The third-order valence-electron chi connectivity index (χ3n) is 4.37. The summed E-state index contributed by atoms with van der Waals surface area (Å²) in [7, 11) is 0. The molecular weight excluding hydrogens is 334 g/mol. The van der Waals surface area contributed by atoms with Gasteiger partial charge in [0.2, 0.25) is 0 Å². The Hall–Kier alpha value is -2.55. The van der Waals surface area contributed by atoms with Gasteiger partial charge in [-0.25, -0.2) is 0 Å². The predicted octanol–water partition coefficient (Wildman–Crippen LogP) is 6.30. The van der Waals surface area contributed by atoms with E-state index in [-0.39, 0.29) is 10.8 Å². The molecule has 0 atom stereocenters. The van der Waals surface area contributed by atoms with Crippen LogP contribution in [-0.2, 0) is 10.8 Å². The summed E-state index contributed by atoms with van der Waals surface area (Å²) in [6, 6.07) is 11.7. The molecule has 0 amide bonds. The van der Waals surface area contributed by atoms with Gasteiger partial charge < -0.3 is 9.84 Å². The minimum Gasteiger partial charge on any atom is -0.507 e. The van der Waals surface area contributed by atoms with Crippen LogP contribution in [0, 0.1) is 0 Å². The number of hydrogen-bond acceptors (Lipinski definition) is 3. The Kier molecular flexibility index (Phi) is 6.15. The standard InChI is InChI=1S/C24H31NO2/c1-8-13-27-20-11-9-19(10-12-20)25-16-17-14-18(23(2,3)4)15-21(22(17)26)24(5,6)7/h8-12,14-16,26H,1,13H2,2-7H3. The van der Waals surface area contributed by atoms with Crippen LogP contribution in [-0.4, -0.2) is 17.9 Å². The number of hydrogen-bond donors (Lipinski definition) is 1. The molecule has 0 radical (unpaired) electrons. The maximum atomic E-state index is 10.8. The summed E-state index contributed by atoms with van der Waals surface area (Å²) < 4.78 is 5.49. The number of phenolic OH excluding ortho intramolecular Hbond substituents is 1. The summed E-state index contributed by atoms with van der Waals surface area (Å²) in [5.74, 6) is 1.08. The molecule has 2 aromatic rings. The molecule has 3 nitrogen and oxygen atoms in total. The molecule has 0 unspecified atom stereocenters. The molecule has 0 aliphatic carbocycles. The van der Waals surface area contributed by atoms with E-state index >= 15 is 0 Å². The van der Waals surface area contributed by atoms with Crippen LogP contribution in [0.3, 0.4) is 0 Å². The van der Waals surface area contributed by atoms with Gasteiger partial charge in [0.25, 0.3) is 0 Å². The van der Waals surface area contributed by atoms with Gasteiger partial charge in [0.15, 0.2) is 0 Å². The molecule has 0 aliphatic rings. The predicted molar refractivity (Wildman–Crippen MR) is 115 cm³/mol. The highest BCUT2D eigenvalue weighted by molar-refractivity contribution is 5.86. The summed E-state index contributed by atoms with van der Waals surface area (Å²) in [5.41, 5.74) is 3.49. The number of ether oxygens (including phenoxy) is 1. The highest BCUT2D eigenvalue weighted by Crippen LogP contribution is 2.37. The smallest absolute Gasteiger partial charge is 0.128 e. The fourth-order valence-corrected chi connectivity index (χ4v) is 2.69. The van der Waals surface area contributed by atoms with Crippen LogP contribution >= 0.6 is 0 Å². The second-order valence-electron chi connectivity index (χ2n) is 8.81. The average molecular weight is 366 g/mol. The number of nitrogens with zero attached hydrogens (tertiary/aromatic N) is 1. The second kappa shape index (κ2) is 7.99. The van der Waals surface area contributed by atoms with E-state index in [1.54, 1.807) is 12.3 Å². The second-order valence-corrected chi connectivity index (χ2v) is 8.81. The van der Waals surface area contributed by atoms with Crippen molar-refractivity contribution in [1.29, 1.82) is 0 Å². The molecule has 0 bridgehead atoms. The summed E-state index contributed by atoms with van der Waals surface area (Å²) in [6.07, 6.45) is 3.45. The van der Waals surface area contributed by atoms with Crippen molar-refractivity contribution in [2.45, 2.75) is 52.4 Å². The number of benzene rings is 2. The van der Waals surface area contributed by atoms with Crippen molar-refractivity contribution in [2.24, 2.45) is 4.99 Å². The summed E-state index contributed by atoms with van der Waals surface area (Å²) >= 11 is 0. The molecule has 27 heavy (non-hydrogen) atoms. The molecule has 0 aliphatic heterocycles. The third kappa shape index (κ3) is 5.46. The summed E-state index contributed by atoms with van der Waals surface area (Å²) in [4.78, 5) is 4.54. The van der Waals surface area contributed by atoms with E-state index in [9.17, 15) is 5.11 Å². The Labute approximate surface area is 163 Å². The van der Waals surface area contributed by atoms with Gasteiger partial charge in [-0.05, 0) is 46.7 Å². The molecule has 144 valence electrons. The van der Waals surface area contributed by atoms with Gasteiger partial charge in [-0.2, -0.15) is 0 Å². The van der Waals surface area contributed by atoms with Gasteiger partial charge in [0.05, 0.1) is 5.69 Å². The first-order chi connectivity index (χ1) is 12.5. The molecule has 3 heteroatoms. The maximum absolute atomic E-state index is 10.8. The fraction of sp³-hybridized carbons (Fsp3) is 0.375. The van der Waals surface area contributed by atoms with Gasteiger partial charge >= 0.3 is 0 Å². The quantitative estimate of drug-likeness (QED) is 0.499. The number of aliphatic imine (C=N–C) groups is 1. The van der Waals surface area contributed by atoms with Crippen LogP contribution in [0.25, 0.3) is 0 Å². The van der Waals surface area contributed by atoms with Crippen molar-refractivity contribution >= 4 is 11.9 Å². The molecule has 2 rings (SSSR count). The molecule has 0 fully saturated rings. The van der Waals surface area contributed by atoms with E-state index in [0.29, 0.717) is 12.4 Å². The van der Waals surface area contributed by atoms with Crippen LogP contribution in [0.1, 0.15) is 58.2 Å². The summed E-state index contributed by atoms with van der Waals surface area (Å²) in [6.45, 7) is 17.0.